The molecule has 0 radical (unpaired) electrons. The van der Waals surface area contributed by atoms with Crippen molar-refractivity contribution in [2.24, 2.45) is 0 Å². The molecule has 2 rings (SSSR count). The summed E-state index contributed by atoms with van der Waals surface area (Å²) in [7, 11) is 0. The van der Waals surface area contributed by atoms with Crippen molar-refractivity contribution < 1.29 is 22.4 Å². The molecular formula is C13H10F3NO2. The Morgan fingerprint density at radius 2 is 1.89 bits per heavy atom. The quantitative estimate of drug-likeness (QED) is 0.797. The zero-order chi connectivity index (χ0) is 14.0. The molecule has 0 amide bonds. The molecule has 0 spiro atoms. The van der Waals surface area contributed by atoms with Crippen molar-refractivity contribution in [3.8, 4) is 11.3 Å². The van der Waals surface area contributed by atoms with E-state index in [0.29, 0.717) is 29.7 Å². The Bertz CT molecular complexity index is 585. The number of alkyl halides is 3. The highest BCUT2D eigenvalue weighted by Crippen LogP contribution is 2.31. The van der Waals surface area contributed by atoms with Crippen LogP contribution in [0.15, 0.2) is 28.7 Å². The van der Waals surface area contributed by atoms with Crippen LogP contribution in [-0.2, 0) is 12.6 Å². The summed E-state index contributed by atoms with van der Waals surface area (Å²) in [6.07, 6.45) is -3.41. The van der Waals surface area contributed by atoms with Gasteiger partial charge in [-0.25, -0.2) is 4.98 Å². The van der Waals surface area contributed by atoms with Crippen LogP contribution in [0.3, 0.4) is 0 Å². The third-order valence-corrected chi connectivity index (χ3v) is 2.62. The summed E-state index contributed by atoms with van der Waals surface area (Å²) in [6, 6.07) is 4.58. The molecule has 1 aromatic heterocycles. The number of carbonyl (C=O) groups is 1. The second kappa shape index (κ2) is 4.87. The van der Waals surface area contributed by atoms with Gasteiger partial charge in [-0.15, -0.1) is 0 Å². The highest BCUT2D eigenvalue weighted by Gasteiger charge is 2.30. The minimum absolute atomic E-state index is 0.0771. The lowest BCUT2D eigenvalue weighted by molar-refractivity contribution is -0.137. The van der Waals surface area contributed by atoms with Crippen LogP contribution in [0, 0.1) is 0 Å². The largest absolute Gasteiger partial charge is 0.438 e. The summed E-state index contributed by atoms with van der Waals surface area (Å²) in [5.74, 6) is 0.397. The van der Waals surface area contributed by atoms with Crippen molar-refractivity contribution in [2.75, 3.05) is 0 Å². The van der Waals surface area contributed by atoms with E-state index in [1.165, 1.54) is 12.1 Å². The number of carbonyl (C=O) groups excluding carboxylic acids is 1. The van der Waals surface area contributed by atoms with Crippen LogP contribution in [0.4, 0.5) is 13.2 Å². The lowest BCUT2D eigenvalue weighted by Crippen LogP contribution is -2.04. The third-order valence-electron chi connectivity index (χ3n) is 2.62. The maximum absolute atomic E-state index is 12.4. The number of nitrogens with zero attached hydrogens (tertiary/aromatic N) is 1. The molecule has 0 unspecified atom stereocenters. The van der Waals surface area contributed by atoms with E-state index in [4.69, 9.17) is 4.42 Å². The molecule has 1 aromatic carbocycles. The Morgan fingerprint density at radius 1 is 1.26 bits per heavy atom. The second-order valence-electron chi connectivity index (χ2n) is 3.87. The summed E-state index contributed by atoms with van der Waals surface area (Å²) in [5, 5.41) is 0. The highest BCUT2D eigenvalue weighted by atomic mass is 19.4. The van der Waals surface area contributed by atoms with Crippen LogP contribution in [-0.4, -0.2) is 11.3 Å². The molecule has 0 aliphatic rings. The van der Waals surface area contributed by atoms with E-state index in [9.17, 15) is 18.0 Å². The minimum Gasteiger partial charge on any atom is -0.438 e. The Balaban J connectivity index is 2.42. The Kier molecular flexibility index (Phi) is 3.42. The van der Waals surface area contributed by atoms with Crippen molar-refractivity contribution >= 4 is 6.29 Å². The number of benzene rings is 1. The minimum atomic E-state index is -4.37. The van der Waals surface area contributed by atoms with Gasteiger partial charge in [0.2, 0.25) is 6.29 Å². The molecule has 0 saturated carbocycles. The van der Waals surface area contributed by atoms with Crippen LogP contribution in [0.5, 0.6) is 0 Å². The third kappa shape index (κ3) is 2.67. The Labute approximate surface area is 107 Å². The lowest BCUT2D eigenvalue weighted by Gasteiger charge is -2.06. The van der Waals surface area contributed by atoms with Crippen LogP contribution >= 0.6 is 0 Å². The normalized spacial score (nSPS) is 11.6. The van der Waals surface area contributed by atoms with Gasteiger partial charge in [-0.05, 0) is 12.1 Å². The van der Waals surface area contributed by atoms with E-state index in [-0.39, 0.29) is 5.89 Å². The number of aryl methyl sites for hydroxylation is 1. The van der Waals surface area contributed by atoms with Crippen molar-refractivity contribution in [2.45, 2.75) is 19.5 Å². The summed E-state index contributed by atoms with van der Waals surface area (Å²) in [4.78, 5) is 14.5. The zero-order valence-corrected chi connectivity index (χ0v) is 9.99. The van der Waals surface area contributed by atoms with Crippen LogP contribution in [0.25, 0.3) is 11.3 Å². The number of halogens is 3. The molecule has 0 bridgehead atoms. The van der Waals surface area contributed by atoms with Gasteiger partial charge in [0.1, 0.15) is 11.5 Å². The van der Waals surface area contributed by atoms with E-state index < -0.39 is 11.7 Å². The molecule has 6 heteroatoms. The number of aldehydes is 1. The van der Waals surface area contributed by atoms with Gasteiger partial charge in [0.25, 0.3) is 5.89 Å². The van der Waals surface area contributed by atoms with Crippen molar-refractivity contribution in [3.63, 3.8) is 0 Å². The van der Waals surface area contributed by atoms with Crippen LogP contribution in [0.1, 0.15) is 28.9 Å². The molecule has 0 N–H and O–H groups in total. The first-order valence-electron chi connectivity index (χ1n) is 5.58. The predicted octanol–water partition coefficient (Wildman–Crippen LogP) is 3.74. The second-order valence-corrected chi connectivity index (χ2v) is 3.87. The molecule has 0 saturated heterocycles. The summed E-state index contributed by atoms with van der Waals surface area (Å²) >= 11 is 0. The maximum atomic E-state index is 12.4. The molecule has 1 heterocycles. The monoisotopic (exact) mass is 269 g/mol. The highest BCUT2D eigenvalue weighted by molar-refractivity contribution is 5.71. The summed E-state index contributed by atoms with van der Waals surface area (Å²) in [5.41, 5.74) is 0.161. The smallest absolute Gasteiger partial charge is 0.416 e. The first-order valence-corrected chi connectivity index (χ1v) is 5.58. The van der Waals surface area contributed by atoms with Gasteiger partial charge in [-0.1, -0.05) is 19.1 Å². The van der Waals surface area contributed by atoms with E-state index >= 15 is 0 Å². The first kappa shape index (κ1) is 13.3. The standard InChI is InChI=1S/C13H10F3NO2/c1-2-10-12(17-11(7-18)19-10)8-3-5-9(6-4-8)13(14,15)16/h3-7H,2H2,1H3. The molecule has 0 atom stereocenters. The van der Waals surface area contributed by atoms with Crippen molar-refractivity contribution in [3.05, 3.63) is 41.5 Å². The van der Waals surface area contributed by atoms with Crippen LogP contribution < -0.4 is 0 Å². The maximum Gasteiger partial charge on any atom is 0.416 e. The average molecular weight is 269 g/mol. The Morgan fingerprint density at radius 3 is 2.37 bits per heavy atom. The zero-order valence-electron chi connectivity index (χ0n) is 9.99. The molecule has 0 aliphatic heterocycles. The summed E-state index contributed by atoms with van der Waals surface area (Å²) < 4.78 is 42.5. The number of hydrogen-bond acceptors (Lipinski definition) is 3. The average Bonchev–Trinajstić information content (AvgIpc) is 2.81. The SMILES string of the molecule is CCc1oc(C=O)nc1-c1ccc(C(F)(F)F)cc1. The van der Waals surface area contributed by atoms with Gasteiger partial charge < -0.3 is 4.42 Å². The molecule has 0 aliphatic carbocycles. The predicted molar refractivity (Wildman–Crippen MR) is 61.7 cm³/mol. The van der Waals surface area contributed by atoms with E-state index in [1.54, 1.807) is 0 Å². The summed E-state index contributed by atoms with van der Waals surface area (Å²) in [6.45, 7) is 1.81. The molecular weight excluding hydrogens is 259 g/mol. The van der Waals surface area contributed by atoms with E-state index in [1.807, 2.05) is 6.92 Å². The van der Waals surface area contributed by atoms with Gasteiger partial charge >= 0.3 is 6.18 Å². The van der Waals surface area contributed by atoms with E-state index in [2.05, 4.69) is 4.98 Å². The van der Waals surface area contributed by atoms with Gasteiger partial charge in [0.05, 0.1) is 5.56 Å². The molecule has 2 aromatic rings. The molecule has 3 nitrogen and oxygen atoms in total. The number of oxazole rings is 1. The number of hydrogen-bond donors (Lipinski definition) is 0. The van der Waals surface area contributed by atoms with Crippen LogP contribution in [0.2, 0.25) is 0 Å². The molecule has 19 heavy (non-hydrogen) atoms. The molecule has 0 fully saturated rings. The number of aromatic nitrogens is 1. The van der Waals surface area contributed by atoms with Crippen molar-refractivity contribution in [1.82, 2.24) is 4.98 Å². The van der Waals surface area contributed by atoms with Gasteiger partial charge in [-0.2, -0.15) is 13.2 Å². The first-order chi connectivity index (χ1) is 8.95. The fourth-order valence-electron chi connectivity index (χ4n) is 1.70. The van der Waals surface area contributed by atoms with Gasteiger partial charge in [-0.3, -0.25) is 4.79 Å². The van der Waals surface area contributed by atoms with Crippen molar-refractivity contribution in [1.29, 1.82) is 0 Å². The van der Waals surface area contributed by atoms with E-state index in [0.717, 1.165) is 12.1 Å². The Hall–Kier alpha value is -2.11. The van der Waals surface area contributed by atoms with Gasteiger partial charge in [0, 0.05) is 12.0 Å². The lowest BCUT2D eigenvalue weighted by atomic mass is 10.1. The number of rotatable bonds is 3. The molecule has 100 valence electrons. The topological polar surface area (TPSA) is 43.1 Å². The fourth-order valence-corrected chi connectivity index (χ4v) is 1.70. The van der Waals surface area contributed by atoms with Gasteiger partial charge in [0.15, 0.2) is 0 Å². The fraction of sp³-hybridized carbons (Fsp3) is 0.231.